The molecule has 0 saturated heterocycles. The fourth-order valence-electron chi connectivity index (χ4n) is 2.32. The molecule has 0 N–H and O–H groups in total. The molecule has 0 saturated carbocycles. The van der Waals surface area contributed by atoms with E-state index in [1.165, 1.54) is 52.7 Å². The minimum absolute atomic E-state index is 0.0126. The van der Waals surface area contributed by atoms with Gasteiger partial charge < -0.3 is 23.7 Å². The lowest BCUT2D eigenvalue weighted by Gasteiger charge is -2.13. The molecule has 0 bridgehead atoms. The van der Waals surface area contributed by atoms with Crippen molar-refractivity contribution >= 4 is 11.8 Å². The van der Waals surface area contributed by atoms with E-state index in [0.717, 1.165) is 6.07 Å². The number of carbonyl (C=O) groups excluding carboxylic acids is 2. The summed E-state index contributed by atoms with van der Waals surface area (Å²) < 4.78 is 39.0. The van der Waals surface area contributed by atoms with Crippen molar-refractivity contribution < 1.29 is 37.7 Å². The quantitative estimate of drug-likeness (QED) is 0.516. The Bertz CT molecular complexity index is 848. The van der Waals surface area contributed by atoms with E-state index in [1.54, 1.807) is 0 Å². The van der Waals surface area contributed by atoms with Gasteiger partial charge in [-0.1, -0.05) is 0 Å². The highest BCUT2D eigenvalue weighted by atomic mass is 19.1. The van der Waals surface area contributed by atoms with Gasteiger partial charge in [0.2, 0.25) is 0 Å². The van der Waals surface area contributed by atoms with Gasteiger partial charge in [0.25, 0.3) is 0 Å². The number of rotatable bonds is 8. The molecule has 7 nitrogen and oxygen atoms in total. The van der Waals surface area contributed by atoms with Crippen LogP contribution >= 0.6 is 0 Å². The summed E-state index contributed by atoms with van der Waals surface area (Å²) in [6.45, 7) is -0.567. The van der Waals surface area contributed by atoms with Crippen molar-refractivity contribution in [2.45, 2.75) is 0 Å². The number of benzene rings is 2. The Hall–Kier alpha value is -3.29. The maximum Gasteiger partial charge on any atom is 0.342 e. The molecule has 2 aromatic rings. The van der Waals surface area contributed by atoms with E-state index < -0.39 is 24.2 Å². The first-order valence-corrected chi connectivity index (χ1v) is 7.79. The Labute approximate surface area is 155 Å². The number of ketones is 1. The predicted octanol–water partition coefficient (Wildman–Crippen LogP) is 2.90. The van der Waals surface area contributed by atoms with Gasteiger partial charge in [-0.15, -0.1) is 0 Å². The first-order chi connectivity index (χ1) is 12.9. The third kappa shape index (κ3) is 4.46. The van der Waals surface area contributed by atoms with E-state index in [1.807, 2.05) is 0 Å². The molecule has 2 aromatic carbocycles. The predicted molar refractivity (Wildman–Crippen MR) is 93.7 cm³/mol. The fraction of sp³-hybridized carbons (Fsp3) is 0.263. The second-order valence-corrected chi connectivity index (χ2v) is 5.26. The molecule has 144 valence electrons. The van der Waals surface area contributed by atoms with Gasteiger partial charge in [0, 0.05) is 17.7 Å². The second-order valence-electron chi connectivity index (χ2n) is 5.26. The summed E-state index contributed by atoms with van der Waals surface area (Å²) in [5.74, 6) is -1.17. The normalized spacial score (nSPS) is 10.1. The molecule has 0 aromatic heterocycles. The van der Waals surface area contributed by atoms with Gasteiger partial charge in [-0.25, -0.2) is 9.18 Å². The highest BCUT2D eigenvalue weighted by molar-refractivity contribution is 6.00. The van der Waals surface area contributed by atoms with Gasteiger partial charge in [0.15, 0.2) is 35.5 Å². The van der Waals surface area contributed by atoms with Crippen molar-refractivity contribution in [3.8, 4) is 23.0 Å². The molecular formula is C19H19FO7. The maximum absolute atomic E-state index is 13.7. The number of carbonyl (C=O) groups is 2. The lowest BCUT2D eigenvalue weighted by molar-refractivity contribution is 0.0471. The van der Waals surface area contributed by atoms with Gasteiger partial charge in [-0.2, -0.15) is 0 Å². The summed E-state index contributed by atoms with van der Waals surface area (Å²) in [5.41, 5.74) is 0.115. The van der Waals surface area contributed by atoms with E-state index >= 15 is 0 Å². The molecule has 0 aliphatic carbocycles. The van der Waals surface area contributed by atoms with E-state index in [-0.39, 0.29) is 22.6 Å². The Kier molecular flexibility index (Phi) is 6.59. The summed E-state index contributed by atoms with van der Waals surface area (Å²) in [6.07, 6.45) is 0. The van der Waals surface area contributed by atoms with Crippen molar-refractivity contribution in [3.05, 3.63) is 47.3 Å². The maximum atomic E-state index is 13.7. The summed E-state index contributed by atoms with van der Waals surface area (Å²) in [4.78, 5) is 24.5. The molecule has 8 heteroatoms. The van der Waals surface area contributed by atoms with Gasteiger partial charge in [-0.3, -0.25) is 4.79 Å². The average Bonchev–Trinajstić information content (AvgIpc) is 2.70. The zero-order valence-corrected chi connectivity index (χ0v) is 15.3. The second kappa shape index (κ2) is 8.88. The average molecular weight is 378 g/mol. The number of Topliss-reactive ketones (excluding diaryl/α,β-unsaturated/α-hetero) is 1. The molecule has 27 heavy (non-hydrogen) atoms. The van der Waals surface area contributed by atoms with Crippen LogP contribution < -0.4 is 18.9 Å². The number of esters is 1. The van der Waals surface area contributed by atoms with E-state index in [0.29, 0.717) is 11.5 Å². The first kappa shape index (κ1) is 20.0. The number of ether oxygens (including phenoxy) is 5. The van der Waals surface area contributed by atoms with E-state index in [9.17, 15) is 14.0 Å². The van der Waals surface area contributed by atoms with Crippen LogP contribution in [0.15, 0.2) is 30.3 Å². The molecular weight excluding hydrogens is 359 g/mol. The number of methoxy groups -OCH3 is 4. The monoisotopic (exact) mass is 378 g/mol. The third-order valence-corrected chi connectivity index (χ3v) is 3.73. The van der Waals surface area contributed by atoms with Crippen LogP contribution in [0.2, 0.25) is 0 Å². The highest BCUT2D eigenvalue weighted by Gasteiger charge is 2.20. The standard InChI is InChI=1S/C19H19FO7/c1-23-15-6-5-11(7-13(15)20)14(21)10-27-19(22)12-8-17(25-3)18(26-4)9-16(12)24-2/h5-9H,10H2,1-4H3. The van der Waals surface area contributed by atoms with Crippen molar-refractivity contribution in [1.82, 2.24) is 0 Å². The van der Waals surface area contributed by atoms with Crippen LogP contribution in [-0.2, 0) is 4.74 Å². The summed E-state index contributed by atoms with van der Waals surface area (Å²) >= 11 is 0. The molecule has 0 amide bonds. The Morgan fingerprint density at radius 1 is 0.815 bits per heavy atom. The molecule has 0 aliphatic rings. The van der Waals surface area contributed by atoms with Gasteiger partial charge in [-0.05, 0) is 18.2 Å². The van der Waals surface area contributed by atoms with E-state index in [2.05, 4.69) is 0 Å². The van der Waals surface area contributed by atoms with Crippen LogP contribution in [0.1, 0.15) is 20.7 Å². The number of hydrogen-bond acceptors (Lipinski definition) is 7. The molecule has 0 atom stereocenters. The molecule has 0 radical (unpaired) electrons. The molecule has 0 aliphatic heterocycles. The van der Waals surface area contributed by atoms with Gasteiger partial charge in [0.05, 0.1) is 28.4 Å². The third-order valence-electron chi connectivity index (χ3n) is 3.73. The van der Waals surface area contributed by atoms with Crippen LogP contribution in [-0.4, -0.2) is 46.8 Å². The molecule has 0 fully saturated rings. The lowest BCUT2D eigenvalue weighted by atomic mass is 10.1. The minimum atomic E-state index is -0.796. The van der Waals surface area contributed by atoms with Crippen LogP contribution in [0, 0.1) is 5.82 Å². The highest BCUT2D eigenvalue weighted by Crippen LogP contribution is 2.35. The zero-order chi connectivity index (χ0) is 20.0. The van der Waals surface area contributed by atoms with Gasteiger partial charge in [0.1, 0.15) is 11.3 Å². The molecule has 0 heterocycles. The molecule has 0 unspecified atom stereocenters. The van der Waals surface area contributed by atoms with Crippen LogP contribution in [0.4, 0.5) is 4.39 Å². The first-order valence-electron chi connectivity index (χ1n) is 7.79. The molecule has 2 rings (SSSR count). The Balaban J connectivity index is 2.15. The number of hydrogen-bond donors (Lipinski definition) is 0. The van der Waals surface area contributed by atoms with Crippen molar-refractivity contribution in [1.29, 1.82) is 0 Å². The summed E-state index contributed by atoms with van der Waals surface area (Å²) in [7, 11) is 5.56. The molecule has 0 spiro atoms. The summed E-state index contributed by atoms with van der Waals surface area (Å²) in [5, 5.41) is 0. The van der Waals surface area contributed by atoms with Crippen LogP contribution in [0.3, 0.4) is 0 Å². The smallest absolute Gasteiger partial charge is 0.342 e. The Morgan fingerprint density at radius 3 is 1.96 bits per heavy atom. The van der Waals surface area contributed by atoms with Crippen LogP contribution in [0.5, 0.6) is 23.0 Å². The van der Waals surface area contributed by atoms with Crippen molar-refractivity contribution in [2.75, 3.05) is 35.0 Å². The summed E-state index contributed by atoms with van der Waals surface area (Å²) in [6, 6.07) is 6.58. The topological polar surface area (TPSA) is 80.3 Å². The zero-order valence-electron chi connectivity index (χ0n) is 15.3. The van der Waals surface area contributed by atoms with Gasteiger partial charge >= 0.3 is 5.97 Å². The fourth-order valence-corrected chi connectivity index (χ4v) is 2.32. The van der Waals surface area contributed by atoms with Crippen molar-refractivity contribution in [2.24, 2.45) is 0 Å². The Morgan fingerprint density at radius 2 is 1.41 bits per heavy atom. The van der Waals surface area contributed by atoms with E-state index in [4.69, 9.17) is 23.7 Å². The lowest BCUT2D eigenvalue weighted by Crippen LogP contribution is -2.15. The van der Waals surface area contributed by atoms with Crippen molar-refractivity contribution in [3.63, 3.8) is 0 Å². The SMILES string of the molecule is COc1ccc(C(=O)COC(=O)c2cc(OC)c(OC)cc2OC)cc1F. The number of halogens is 1. The largest absolute Gasteiger partial charge is 0.496 e. The minimum Gasteiger partial charge on any atom is -0.496 e. The van der Waals surface area contributed by atoms with Crippen LogP contribution in [0.25, 0.3) is 0 Å².